The predicted octanol–water partition coefficient (Wildman–Crippen LogP) is 10.1. The Bertz CT molecular complexity index is 1950. The molecule has 5 aliphatic rings. The van der Waals surface area contributed by atoms with Crippen molar-refractivity contribution in [2.75, 3.05) is 33.5 Å². The van der Waals surface area contributed by atoms with Crippen LogP contribution in [0.25, 0.3) is 0 Å². The highest BCUT2D eigenvalue weighted by molar-refractivity contribution is 6.31. The topological polar surface area (TPSA) is 140 Å². The number of methoxy groups -OCH3 is 1. The number of benzene rings is 2. The highest BCUT2D eigenvalue weighted by Crippen LogP contribution is 2.62. The van der Waals surface area contributed by atoms with E-state index in [0.717, 1.165) is 65.8 Å². The molecule has 9 nitrogen and oxygen atoms in total. The fourth-order valence-corrected chi connectivity index (χ4v) is 11.5. The molecule has 7 rings (SSSR count). The van der Waals surface area contributed by atoms with Gasteiger partial charge in [-0.25, -0.2) is 0 Å². The number of nitrogens with two attached hydrogens (primary N) is 1. The highest BCUT2D eigenvalue weighted by Gasteiger charge is 2.66. The van der Waals surface area contributed by atoms with Crippen LogP contribution < -0.4 is 11.1 Å². The third-order valence-electron chi connectivity index (χ3n) is 16.0. The Morgan fingerprint density at radius 3 is 1.73 bits per heavy atom. The van der Waals surface area contributed by atoms with Gasteiger partial charge in [0.2, 0.25) is 5.91 Å². The van der Waals surface area contributed by atoms with Gasteiger partial charge < -0.3 is 35.5 Å². The molecule has 6 atom stereocenters. The minimum atomic E-state index is -0.726. The molecular weight excluding hydrogens is 835 g/mol. The molecule has 11 heteroatoms. The van der Waals surface area contributed by atoms with E-state index in [-0.39, 0.29) is 77.2 Å². The molecule has 2 aromatic carbocycles. The van der Waals surface area contributed by atoms with Gasteiger partial charge in [0, 0.05) is 46.6 Å². The lowest BCUT2D eigenvalue weighted by Gasteiger charge is -2.53. The number of carbonyl (C=O) groups excluding carboxylic acids is 2. The number of aliphatic hydroxyl groups is 2. The summed E-state index contributed by atoms with van der Waals surface area (Å²) in [5.41, 5.74) is 8.38. The number of hydrogen-bond acceptors (Lipinski definition) is 8. The molecule has 5 N–H and O–H groups in total. The number of halogens is 2. The van der Waals surface area contributed by atoms with E-state index in [2.05, 4.69) is 98.8 Å². The Hall–Kier alpha value is -2.24. The second-order valence-electron chi connectivity index (χ2n) is 23.5. The molecule has 1 amide bonds. The fourth-order valence-electron chi connectivity index (χ4n) is 11.0. The van der Waals surface area contributed by atoms with Crippen molar-refractivity contribution in [1.82, 2.24) is 5.32 Å². The molecule has 63 heavy (non-hydrogen) atoms. The maximum absolute atomic E-state index is 13.7. The first kappa shape index (κ1) is 51.7. The number of nitrogens with one attached hydrogen (secondary N) is 1. The molecular formula is C52H80Cl2N2O7. The van der Waals surface area contributed by atoms with Crippen LogP contribution in [0.1, 0.15) is 150 Å². The smallest absolute Gasteiger partial charge is 0.311 e. The quantitative estimate of drug-likeness (QED) is 0.154. The number of esters is 1. The Morgan fingerprint density at radius 1 is 0.778 bits per heavy atom. The van der Waals surface area contributed by atoms with Crippen LogP contribution >= 0.6 is 23.2 Å². The van der Waals surface area contributed by atoms with Crippen LogP contribution in [0.5, 0.6) is 0 Å². The van der Waals surface area contributed by atoms with Crippen molar-refractivity contribution in [3.8, 4) is 0 Å². The van der Waals surface area contributed by atoms with E-state index in [4.69, 9.17) is 43.1 Å². The molecule has 2 saturated heterocycles. The normalized spacial score (nSPS) is 32.2. The molecule has 354 valence electrons. The third-order valence-corrected chi connectivity index (χ3v) is 16.7. The van der Waals surface area contributed by atoms with Crippen molar-refractivity contribution in [3.63, 3.8) is 0 Å². The zero-order valence-corrected chi connectivity index (χ0v) is 42.2. The number of aliphatic hydroxyl groups excluding tert-OH is 2. The van der Waals surface area contributed by atoms with Crippen LogP contribution in [0.2, 0.25) is 10.0 Å². The van der Waals surface area contributed by atoms with E-state index in [1.165, 1.54) is 7.11 Å². The maximum atomic E-state index is 13.7. The number of hydrogen-bond donors (Lipinski definition) is 4. The average molecular weight is 916 g/mol. The lowest BCUT2D eigenvalue weighted by molar-refractivity contribution is -0.170. The van der Waals surface area contributed by atoms with Crippen LogP contribution in [-0.2, 0) is 47.6 Å². The first-order chi connectivity index (χ1) is 29.0. The second-order valence-corrected chi connectivity index (χ2v) is 24.3. The Kier molecular flexibility index (Phi) is 15.4. The number of amides is 1. The standard InChI is InChI=1S/C31H46ClNO5.C21H34ClNO2/c1-20-23(16-34)31(19-38-28(20,5)6,22-9-8-21(24(32)14-22)10-11-27(2,3)4)15-25(35)33-30-13-12-29(17-30,18-30)26(36)37-7;1-14-17(12-24)21(23,13-25-20(14,5)6)16-8-7-15(18(22)11-16)9-10-19(2,3)4/h8-9,14,20,23,34H,10-13,15-19H2,1-7H3,(H,33,35);7-8,11,14,17,24H,9-10,12-13,23H2,1-6H3. The van der Waals surface area contributed by atoms with Gasteiger partial charge in [-0.1, -0.05) is 103 Å². The number of aryl methyl sites for hydroxylation is 2. The van der Waals surface area contributed by atoms with Crippen molar-refractivity contribution in [2.24, 2.45) is 45.7 Å². The molecule has 2 heterocycles. The van der Waals surface area contributed by atoms with Gasteiger partial charge in [-0.3, -0.25) is 9.59 Å². The monoisotopic (exact) mass is 915 g/mol. The lowest BCUT2D eigenvalue weighted by Crippen LogP contribution is -2.61. The van der Waals surface area contributed by atoms with Crippen molar-refractivity contribution in [1.29, 1.82) is 0 Å². The first-order valence-electron chi connectivity index (χ1n) is 23.3. The van der Waals surface area contributed by atoms with Crippen LogP contribution in [0, 0.1) is 39.9 Å². The molecule has 0 spiro atoms. The highest BCUT2D eigenvalue weighted by atomic mass is 35.5. The van der Waals surface area contributed by atoms with E-state index in [1.807, 2.05) is 26.0 Å². The Labute approximate surface area is 389 Å². The number of carbonyl (C=O) groups is 2. The summed E-state index contributed by atoms with van der Waals surface area (Å²) in [5.74, 6) is -0.371. The minimum absolute atomic E-state index is 0.00807. The van der Waals surface area contributed by atoms with Crippen LogP contribution in [0.15, 0.2) is 36.4 Å². The van der Waals surface area contributed by atoms with E-state index < -0.39 is 22.0 Å². The molecule has 2 aliphatic heterocycles. The zero-order chi connectivity index (χ0) is 47.2. The molecule has 2 aromatic rings. The Morgan fingerprint density at radius 2 is 1.25 bits per heavy atom. The van der Waals surface area contributed by atoms with Gasteiger partial charge in [0.1, 0.15) is 0 Å². The van der Waals surface area contributed by atoms with Crippen LogP contribution in [0.3, 0.4) is 0 Å². The van der Waals surface area contributed by atoms with Crippen molar-refractivity contribution in [3.05, 3.63) is 68.7 Å². The first-order valence-corrected chi connectivity index (χ1v) is 24.0. The third kappa shape index (κ3) is 11.0. The summed E-state index contributed by atoms with van der Waals surface area (Å²) < 4.78 is 17.5. The van der Waals surface area contributed by atoms with E-state index in [9.17, 15) is 19.8 Å². The van der Waals surface area contributed by atoms with Crippen molar-refractivity contribution < 1.29 is 34.0 Å². The van der Waals surface area contributed by atoms with Crippen molar-refractivity contribution in [2.45, 2.75) is 169 Å². The van der Waals surface area contributed by atoms with Crippen LogP contribution in [-0.4, -0.2) is 72.4 Å². The van der Waals surface area contributed by atoms with E-state index in [1.54, 1.807) is 0 Å². The summed E-state index contributed by atoms with van der Waals surface area (Å²) in [7, 11) is 1.43. The molecule has 6 unspecified atom stereocenters. The van der Waals surface area contributed by atoms with Gasteiger partial charge >= 0.3 is 5.97 Å². The van der Waals surface area contributed by atoms with Gasteiger partial charge in [-0.05, 0) is 142 Å². The van der Waals surface area contributed by atoms with Crippen molar-refractivity contribution >= 4 is 35.1 Å². The number of fused-ring (bicyclic) bond motifs is 1. The molecule has 0 radical (unpaired) electrons. The maximum Gasteiger partial charge on any atom is 0.311 e. The van der Waals surface area contributed by atoms with Gasteiger partial charge in [0.05, 0.1) is 42.5 Å². The summed E-state index contributed by atoms with van der Waals surface area (Å²) in [4.78, 5) is 26.0. The summed E-state index contributed by atoms with van der Waals surface area (Å²) in [6, 6.07) is 12.2. The van der Waals surface area contributed by atoms with Crippen LogP contribution in [0.4, 0.5) is 0 Å². The van der Waals surface area contributed by atoms with Gasteiger partial charge in [-0.15, -0.1) is 0 Å². The zero-order valence-electron chi connectivity index (χ0n) is 40.7. The molecule has 2 bridgehead atoms. The summed E-state index contributed by atoms with van der Waals surface area (Å²) >= 11 is 13.4. The van der Waals surface area contributed by atoms with Gasteiger partial charge in [-0.2, -0.15) is 0 Å². The molecule has 5 fully saturated rings. The average Bonchev–Trinajstić information content (AvgIpc) is 3.73. The van der Waals surface area contributed by atoms with E-state index >= 15 is 0 Å². The minimum Gasteiger partial charge on any atom is -0.469 e. The summed E-state index contributed by atoms with van der Waals surface area (Å²) in [6.45, 7) is 26.5. The van der Waals surface area contributed by atoms with E-state index in [0.29, 0.717) is 31.1 Å². The number of rotatable bonds is 12. The summed E-state index contributed by atoms with van der Waals surface area (Å²) in [6.07, 6.45) is 6.88. The molecule has 3 aliphatic carbocycles. The Balaban J connectivity index is 0.000000260. The summed E-state index contributed by atoms with van der Waals surface area (Å²) in [5, 5.41) is 25.4. The predicted molar refractivity (Wildman–Crippen MR) is 254 cm³/mol. The molecule has 3 saturated carbocycles. The van der Waals surface area contributed by atoms with Gasteiger partial charge in [0.15, 0.2) is 0 Å². The molecule has 0 aromatic heterocycles. The number of ether oxygens (including phenoxy) is 3. The second kappa shape index (κ2) is 18.8. The fraction of sp³-hybridized carbons (Fsp3) is 0.731. The lowest BCUT2D eigenvalue weighted by atomic mass is 9.59. The SMILES string of the molecule is CC1C(CO)C(N)(c2ccc(CCC(C)(C)C)c(Cl)c2)COC1(C)C.COC(=O)C12CCC(NC(=O)CC3(c4ccc(CCC(C)(C)C)c(Cl)c4)COC(C)(C)C(C)C3CO)(C1)C2. The largest absolute Gasteiger partial charge is 0.469 e. The van der Waals surface area contributed by atoms with Gasteiger partial charge in [0.25, 0.3) is 0 Å².